The molecule has 4 rings (SSSR count). The Morgan fingerprint density at radius 1 is 1.36 bits per heavy atom. The van der Waals surface area contributed by atoms with E-state index < -0.39 is 0 Å². The Bertz CT molecular complexity index is 951. The smallest absolute Gasteiger partial charge is 0.253 e. The number of halogens is 1. The standard InChI is InChI=1S/C19H18FN3O2/c1-2-13-15-9-12(10-21-19(15)22-18(13)20)14-5-3-4-6-16(14)23-7-8-25-11-17(23)24/h3-6,9-10H,2,7-8,11H2,1H3,(H,21,22). The van der Waals surface area contributed by atoms with Crippen LogP contribution in [-0.4, -0.2) is 35.6 Å². The number of para-hydroxylation sites is 1. The zero-order chi connectivity index (χ0) is 17.4. The van der Waals surface area contributed by atoms with Gasteiger partial charge in [0.2, 0.25) is 0 Å². The summed E-state index contributed by atoms with van der Waals surface area (Å²) in [6, 6.07) is 9.63. The first-order valence-electron chi connectivity index (χ1n) is 8.32. The van der Waals surface area contributed by atoms with Crippen LogP contribution in [0.15, 0.2) is 36.5 Å². The summed E-state index contributed by atoms with van der Waals surface area (Å²) in [7, 11) is 0. The van der Waals surface area contributed by atoms with Crippen molar-refractivity contribution in [1.29, 1.82) is 0 Å². The molecule has 0 aliphatic carbocycles. The number of anilines is 1. The molecule has 0 saturated carbocycles. The van der Waals surface area contributed by atoms with Gasteiger partial charge in [-0.25, -0.2) is 4.98 Å². The summed E-state index contributed by atoms with van der Waals surface area (Å²) < 4.78 is 19.2. The van der Waals surface area contributed by atoms with E-state index in [2.05, 4.69) is 9.97 Å². The van der Waals surface area contributed by atoms with Gasteiger partial charge in [-0.1, -0.05) is 25.1 Å². The summed E-state index contributed by atoms with van der Waals surface area (Å²) in [4.78, 5) is 21.0. The molecule has 6 heteroatoms. The number of aromatic amines is 1. The van der Waals surface area contributed by atoms with Crippen molar-refractivity contribution in [3.05, 3.63) is 48.0 Å². The second kappa shape index (κ2) is 6.29. The van der Waals surface area contributed by atoms with E-state index in [-0.39, 0.29) is 18.5 Å². The molecule has 1 N–H and O–H groups in total. The number of aromatic nitrogens is 2. The number of rotatable bonds is 3. The van der Waals surface area contributed by atoms with Crippen molar-refractivity contribution in [2.45, 2.75) is 13.3 Å². The number of aryl methyl sites for hydroxylation is 1. The molecule has 0 spiro atoms. The quantitative estimate of drug-likeness (QED) is 0.796. The van der Waals surface area contributed by atoms with Gasteiger partial charge in [0.1, 0.15) is 12.3 Å². The first kappa shape index (κ1) is 15.8. The maximum atomic E-state index is 14.0. The van der Waals surface area contributed by atoms with E-state index in [0.717, 1.165) is 22.2 Å². The number of amides is 1. The van der Waals surface area contributed by atoms with Crippen LogP contribution < -0.4 is 4.90 Å². The Hall–Kier alpha value is -2.73. The van der Waals surface area contributed by atoms with Gasteiger partial charge in [0.15, 0.2) is 5.95 Å². The third-order valence-corrected chi connectivity index (χ3v) is 4.55. The summed E-state index contributed by atoms with van der Waals surface area (Å²) in [5.41, 5.74) is 3.75. The van der Waals surface area contributed by atoms with E-state index in [1.807, 2.05) is 37.3 Å². The van der Waals surface area contributed by atoms with Crippen molar-refractivity contribution in [3.63, 3.8) is 0 Å². The number of ether oxygens (including phenoxy) is 1. The molecule has 1 amide bonds. The monoisotopic (exact) mass is 339 g/mol. The van der Waals surface area contributed by atoms with Crippen LogP contribution in [0.4, 0.5) is 10.1 Å². The van der Waals surface area contributed by atoms with Gasteiger partial charge in [0.25, 0.3) is 5.91 Å². The lowest BCUT2D eigenvalue weighted by Crippen LogP contribution is -2.41. The van der Waals surface area contributed by atoms with Gasteiger partial charge in [0.05, 0.1) is 12.3 Å². The van der Waals surface area contributed by atoms with Gasteiger partial charge in [-0.05, 0) is 18.6 Å². The molecule has 1 saturated heterocycles. The molecule has 3 aromatic rings. The van der Waals surface area contributed by atoms with Crippen molar-refractivity contribution >= 4 is 22.6 Å². The fraction of sp³-hybridized carbons (Fsp3) is 0.263. The maximum absolute atomic E-state index is 14.0. The zero-order valence-corrected chi connectivity index (χ0v) is 13.9. The topological polar surface area (TPSA) is 58.2 Å². The number of hydrogen-bond acceptors (Lipinski definition) is 3. The SMILES string of the molecule is CCc1c(F)[nH]c2ncc(-c3ccccc3N3CCOCC3=O)cc12. The molecule has 128 valence electrons. The van der Waals surface area contributed by atoms with Crippen molar-refractivity contribution in [2.75, 3.05) is 24.7 Å². The number of hydrogen-bond donors (Lipinski definition) is 1. The molecule has 1 aromatic carbocycles. The molecule has 1 aliphatic rings. The van der Waals surface area contributed by atoms with E-state index in [9.17, 15) is 9.18 Å². The lowest BCUT2D eigenvalue weighted by atomic mass is 10.0. The molecule has 0 radical (unpaired) electrons. The number of morpholine rings is 1. The number of fused-ring (bicyclic) bond motifs is 1. The molecule has 25 heavy (non-hydrogen) atoms. The number of carbonyl (C=O) groups is 1. The highest BCUT2D eigenvalue weighted by molar-refractivity contribution is 5.99. The highest BCUT2D eigenvalue weighted by atomic mass is 19.1. The molecule has 0 atom stereocenters. The van der Waals surface area contributed by atoms with Crippen LogP contribution in [0.1, 0.15) is 12.5 Å². The summed E-state index contributed by atoms with van der Waals surface area (Å²) in [5, 5.41) is 0.778. The van der Waals surface area contributed by atoms with Crippen molar-refractivity contribution in [2.24, 2.45) is 0 Å². The number of nitrogens with zero attached hydrogens (tertiary/aromatic N) is 2. The van der Waals surface area contributed by atoms with Crippen molar-refractivity contribution in [3.8, 4) is 11.1 Å². The minimum Gasteiger partial charge on any atom is -0.370 e. The number of carbonyl (C=O) groups excluding carboxylic acids is 1. The van der Waals surface area contributed by atoms with Gasteiger partial charge in [-0.3, -0.25) is 4.79 Å². The van der Waals surface area contributed by atoms with Gasteiger partial charge in [-0.15, -0.1) is 0 Å². The average Bonchev–Trinajstić information content (AvgIpc) is 2.96. The zero-order valence-electron chi connectivity index (χ0n) is 13.9. The van der Waals surface area contributed by atoms with Crippen LogP contribution >= 0.6 is 0 Å². The molecule has 0 unspecified atom stereocenters. The van der Waals surface area contributed by atoms with Crippen molar-refractivity contribution in [1.82, 2.24) is 9.97 Å². The first-order valence-corrected chi connectivity index (χ1v) is 8.32. The van der Waals surface area contributed by atoms with Crippen LogP contribution in [0.25, 0.3) is 22.2 Å². The highest BCUT2D eigenvalue weighted by Gasteiger charge is 2.23. The largest absolute Gasteiger partial charge is 0.370 e. The lowest BCUT2D eigenvalue weighted by molar-refractivity contribution is -0.125. The van der Waals surface area contributed by atoms with E-state index in [1.165, 1.54) is 0 Å². The Morgan fingerprint density at radius 2 is 2.20 bits per heavy atom. The molecule has 3 heterocycles. The predicted octanol–water partition coefficient (Wildman–Crippen LogP) is 3.29. The lowest BCUT2D eigenvalue weighted by Gasteiger charge is -2.28. The minimum absolute atomic E-state index is 0.0605. The number of benzene rings is 1. The minimum atomic E-state index is -0.334. The van der Waals surface area contributed by atoms with Gasteiger partial charge in [0, 0.05) is 34.8 Å². The number of nitrogens with one attached hydrogen (secondary N) is 1. The average molecular weight is 339 g/mol. The molecule has 5 nitrogen and oxygen atoms in total. The van der Waals surface area contributed by atoms with Gasteiger partial charge >= 0.3 is 0 Å². The van der Waals surface area contributed by atoms with E-state index >= 15 is 0 Å². The third-order valence-electron chi connectivity index (χ3n) is 4.55. The van der Waals surface area contributed by atoms with Crippen LogP contribution in [0, 0.1) is 5.95 Å². The number of H-pyrrole nitrogens is 1. The Labute approximate surface area is 144 Å². The fourth-order valence-corrected chi connectivity index (χ4v) is 3.31. The summed E-state index contributed by atoms with van der Waals surface area (Å²) >= 11 is 0. The second-order valence-electron chi connectivity index (χ2n) is 6.01. The van der Waals surface area contributed by atoms with E-state index in [1.54, 1.807) is 11.1 Å². The molecule has 1 fully saturated rings. The summed E-state index contributed by atoms with van der Waals surface area (Å²) in [6.07, 6.45) is 2.29. The van der Waals surface area contributed by atoms with Crippen molar-refractivity contribution < 1.29 is 13.9 Å². The van der Waals surface area contributed by atoms with Crippen LogP contribution in [0.3, 0.4) is 0 Å². The van der Waals surface area contributed by atoms with E-state index in [4.69, 9.17) is 4.74 Å². The second-order valence-corrected chi connectivity index (χ2v) is 6.01. The Balaban J connectivity index is 1.85. The van der Waals surface area contributed by atoms with Crippen LogP contribution in [0.5, 0.6) is 0 Å². The number of pyridine rings is 1. The molecular formula is C19H18FN3O2. The molecule has 1 aliphatic heterocycles. The molecule has 2 aromatic heterocycles. The fourth-order valence-electron chi connectivity index (χ4n) is 3.31. The van der Waals surface area contributed by atoms with Crippen LogP contribution in [-0.2, 0) is 16.0 Å². The molecule has 0 bridgehead atoms. The molecular weight excluding hydrogens is 321 g/mol. The maximum Gasteiger partial charge on any atom is 0.253 e. The van der Waals surface area contributed by atoms with Crippen LogP contribution in [0.2, 0.25) is 0 Å². The highest BCUT2D eigenvalue weighted by Crippen LogP contribution is 2.33. The van der Waals surface area contributed by atoms with Gasteiger partial charge < -0.3 is 14.6 Å². The summed E-state index contributed by atoms with van der Waals surface area (Å²) in [6.45, 7) is 3.04. The summed E-state index contributed by atoms with van der Waals surface area (Å²) in [5.74, 6) is -0.395. The van der Waals surface area contributed by atoms with Gasteiger partial charge in [-0.2, -0.15) is 4.39 Å². The normalized spacial score (nSPS) is 15.1. The third kappa shape index (κ3) is 2.68. The van der Waals surface area contributed by atoms with E-state index in [0.29, 0.717) is 30.8 Å². The Morgan fingerprint density at radius 3 is 3.00 bits per heavy atom. The Kier molecular flexibility index (Phi) is 3.97. The first-order chi connectivity index (χ1) is 12.2. The predicted molar refractivity (Wildman–Crippen MR) is 94.0 cm³/mol.